The lowest BCUT2D eigenvalue weighted by atomic mass is 9.78. The van der Waals surface area contributed by atoms with E-state index in [-0.39, 0.29) is 11.7 Å². The summed E-state index contributed by atoms with van der Waals surface area (Å²) in [4.78, 5) is 12.3. The number of rotatable bonds is 3. The van der Waals surface area contributed by atoms with Crippen molar-refractivity contribution in [3.05, 3.63) is 35.9 Å². The molecule has 0 amide bonds. The van der Waals surface area contributed by atoms with E-state index in [0.29, 0.717) is 0 Å². The molecule has 1 unspecified atom stereocenters. The Hall–Kier alpha value is -1.15. The molecule has 2 N–H and O–H groups in total. The maximum absolute atomic E-state index is 12.3. The third-order valence-electron chi connectivity index (χ3n) is 3.88. The van der Waals surface area contributed by atoms with Gasteiger partial charge >= 0.3 is 0 Å². The normalized spacial score (nSPS) is 26.5. The highest BCUT2D eigenvalue weighted by Gasteiger charge is 2.28. The van der Waals surface area contributed by atoms with E-state index < -0.39 is 6.04 Å². The van der Waals surface area contributed by atoms with Crippen LogP contribution in [0.25, 0.3) is 0 Å². The largest absolute Gasteiger partial charge is 0.318 e. The third kappa shape index (κ3) is 2.95. The monoisotopic (exact) mass is 231 g/mol. The lowest BCUT2D eigenvalue weighted by molar-refractivity contribution is -0.125. The van der Waals surface area contributed by atoms with Gasteiger partial charge in [0.05, 0.1) is 6.04 Å². The Morgan fingerprint density at radius 2 is 1.76 bits per heavy atom. The van der Waals surface area contributed by atoms with Crippen LogP contribution in [-0.2, 0) is 4.79 Å². The van der Waals surface area contributed by atoms with Crippen molar-refractivity contribution in [3.63, 3.8) is 0 Å². The van der Waals surface area contributed by atoms with Gasteiger partial charge in [0.2, 0.25) is 0 Å². The summed E-state index contributed by atoms with van der Waals surface area (Å²) < 4.78 is 0. The molecule has 2 rings (SSSR count). The summed E-state index contributed by atoms with van der Waals surface area (Å²) in [6.07, 6.45) is 4.36. The molecule has 1 aromatic carbocycles. The van der Waals surface area contributed by atoms with Crippen LogP contribution in [0.5, 0.6) is 0 Å². The van der Waals surface area contributed by atoms with Gasteiger partial charge in [0.25, 0.3) is 0 Å². The number of carbonyl (C=O) groups is 1. The van der Waals surface area contributed by atoms with Crippen molar-refractivity contribution >= 4 is 5.78 Å². The van der Waals surface area contributed by atoms with E-state index in [4.69, 9.17) is 5.73 Å². The molecule has 0 bridgehead atoms. The van der Waals surface area contributed by atoms with Crippen LogP contribution in [0.1, 0.15) is 44.2 Å². The summed E-state index contributed by atoms with van der Waals surface area (Å²) in [7, 11) is 0. The molecule has 0 spiro atoms. The van der Waals surface area contributed by atoms with Crippen LogP contribution in [0, 0.1) is 11.8 Å². The van der Waals surface area contributed by atoms with Gasteiger partial charge < -0.3 is 5.73 Å². The highest BCUT2D eigenvalue weighted by molar-refractivity contribution is 5.87. The number of Topliss-reactive ketones (excluding diaryl/α,β-unsaturated/α-hetero) is 1. The van der Waals surface area contributed by atoms with E-state index in [1.807, 2.05) is 30.3 Å². The zero-order valence-electron chi connectivity index (χ0n) is 10.4. The first-order valence-corrected chi connectivity index (χ1v) is 6.52. The fraction of sp³-hybridized carbons (Fsp3) is 0.533. The lowest BCUT2D eigenvalue weighted by Gasteiger charge is -2.27. The second-order valence-electron chi connectivity index (χ2n) is 5.25. The van der Waals surface area contributed by atoms with Gasteiger partial charge in [-0.2, -0.15) is 0 Å². The fourth-order valence-corrected chi connectivity index (χ4v) is 2.62. The Morgan fingerprint density at radius 1 is 1.18 bits per heavy atom. The van der Waals surface area contributed by atoms with E-state index in [1.165, 1.54) is 0 Å². The highest BCUT2D eigenvalue weighted by Crippen LogP contribution is 2.31. The second-order valence-corrected chi connectivity index (χ2v) is 5.25. The van der Waals surface area contributed by atoms with Crippen molar-refractivity contribution in [1.82, 2.24) is 0 Å². The average molecular weight is 231 g/mol. The molecular formula is C15H21NO. The van der Waals surface area contributed by atoms with Crippen LogP contribution in [0.2, 0.25) is 0 Å². The second kappa shape index (κ2) is 5.46. The van der Waals surface area contributed by atoms with Crippen LogP contribution in [-0.4, -0.2) is 5.78 Å². The molecule has 1 aliphatic carbocycles. The zero-order chi connectivity index (χ0) is 12.3. The molecule has 1 saturated carbocycles. The van der Waals surface area contributed by atoms with Gasteiger partial charge in [-0.1, -0.05) is 50.1 Å². The summed E-state index contributed by atoms with van der Waals surface area (Å²) in [5, 5.41) is 0. The lowest BCUT2D eigenvalue weighted by Crippen LogP contribution is -2.30. The van der Waals surface area contributed by atoms with E-state index in [0.717, 1.165) is 37.2 Å². The van der Waals surface area contributed by atoms with Crippen LogP contribution < -0.4 is 5.73 Å². The predicted molar refractivity (Wildman–Crippen MR) is 69.5 cm³/mol. The fourth-order valence-electron chi connectivity index (χ4n) is 2.62. The topological polar surface area (TPSA) is 43.1 Å². The molecule has 0 aliphatic heterocycles. The number of hydrogen-bond donors (Lipinski definition) is 1. The van der Waals surface area contributed by atoms with Gasteiger partial charge in [-0.3, -0.25) is 4.79 Å². The number of nitrogens with two attached hydrogens (primary N) is 1. The summed E-state index contributed by atoms with van der Waals surface area (Å²) in [5.41, 5.74) is 7.00. The number of carbonyl (C=O) groups excluding carboxylic acids is 1. The summed E-state index contributed by atoms with van der Waals surface area (Å²) >= 11 is 0. The molecule has 2 nitrogen and oxygen atoms in total. The minimum atomic E-state index is -0.436. The quantitative estimate of drug-likeness (QED) is 0.868. The number of hydrogen-bond acceptors (Lipinski definition) is 2. The molecule has 0 saturated heterocycles. The van der Waals surface area contributed by atoms with E-state index >= 15 is 0 Å². The number of benzene rings is 1. The van der Waals surface area contributed by atoms with Crippen molar-refractivity contribution in [2.75, 3.05) is 0 Å². The smallest absolute Gasteiger partial charge is 0.157 e. The maximum atomic E-state index is 12.3. The molecule has 0 radical (unpaired) electrons. The van der Waals surface area contributed by atoms with Crippen LogP contribution in [0.4, 0.5) is 0 Å². The molecule has 0 aromatic heterocycles. The average Bonchev–Trinajstić information content (AvgIpc) is 2.39. The Bertz CT molecular complexity index is 366. The first-order valence-electron chi connectivity index (χ1n) is 6.52. The van der Waals surface area contributed by atoms with E-state index in [2.05, 4.69) is 6.92 Å². The van der Waals surface area contributed by atoms with E-state index in [9.17, 15) is 4.79 Å². The molecular weight excluding hydrogens is 210 g/mol. The summed E-state index contributed by atoms with van der Waals surface area (Å²) in [6, 6.07) is 9.26. The Balaban J connectivity index is 2.00. The minimum absolute atomic E-state index is 0.182. The van der Waals surface area contributed by atoms with Crippen LogP contribution in [0.15, 0.2) is 30.3 Å². The van der Waals surface area contributed by atoms with Gasteiger partial charge in [-0.15, -0.1) is 0 Å². The molecule has 92 valence electrons. The molecule has 1 aromatic rings. The Labute approximate surface area is 103 Å². The predicted octanol–water partition coefficient (Wildman–Crippen LogP) is 3.08. The first-order chi connectivity index (χ1) is 8.18. The van der Waals surface area contributed by atoms with Crippen molar-refractivity contribution < 1.29 is 4.79 Å². The van der Waals surface area contributed by atoms with Gasteiger partial charge in [-0.05, 0) is 24.3 Å². The molecule has 0 heterocycles. The minimum Gasteiger partial charge on any atom is -0.318 e. The molecule has 17 heavy (non-hydrogen) atoms. The Morgan fingerprint density at radius 3 is 2.35 bits per heavy atom. The molecule has 1 aliphatic rings. The molecule has 1 atom stereocenters. The van der Waals surface area contributed by atoms with Gasteiger partial charge in [0.15, 0.2) is 5.78 Å². The van der Waals surface area contributed by atoms with Gasteiger partial charge in [0.1, 0.15) is 0 Å². The Kier molecular flexibility index (Phi) is 3.95. The zero-order valence-corrected chi connectivity index (χ0v) is 10.4. The standard InChI is InChI=1S/C15H21NO/c1-11-7-9-13(10-8-11)15(17)14(16)12-5-3-2-4-6-12/h2-6,11,13-14H,7-10,16H2,1H3. The summed E-state index contributed by atoms with van der Waals surface area (Å²) in [5.74, 6) is 1.18. The first kappa shape index (κ1) is 12.3. The van der Waals surface area contributed by atoms with Crippen LogP contribution >= 0.6 is 0 Å². The maximum Gasteiger partial charge on any atom is 0.157 e. The van der Waals surface area contributed by atoms with Crippen molar-refractivity contribution in [3.8, 4) is 0 Å². The van der Waals surface area contributed by atoms with Crippen LogP contribution in [0.3, 0.4) is 0 Å². The SMILES string of the molecule is CC1CCC(C(=O)C(N)c2ccccc2)CC1. The molecule has 1 fully saturated rings. The summed E-state index contributed by atoms with van der Waals surface area (Å²) in [6.45, 7) is 2.26. The van der Waals surface area contributed by atoms with Crippen molar-refractivity contribution in [2.24, 2.45) is 17.6 Å². The number of ketones is 1. The van der Waals surface area contributed by atoms with Crippen molar-refractivity contribution in [2.45, 2.75) is 38.6 Å². The highest BCUT2D eigenvalue weighted by atomic mass is 16.1. The molecule has 2 heteroatoms. The van der Waals surface area contributed by atoms with Gasteiger partial charge in [-0.25, -0.2) is 0 Å². The van der Waals surface area contributed by atoms with Crippen molar-refractivity contribution in [1.29, 1.82) is 0 Å². The third-order valence-corrected chi connectivity index (χ3v) is 3.88. The van der Waals surface area contributed by atoms with Gasteiger partial charge in [0, 0.05) is 5.92 Å². The van der Waals surface area contributed by atoms with E-state index in [1.54, 1.807) is 0 Å².